The van der Waals surface area contributed by atoms with Crippen molar-refractivity contribution >= 4 is 24.6 Å². The van der Waals surface area contributed by atoms with Gasteiger partial charge in [-0.1, -0.05) is 6.92 Å². The monoisotopic (exact) mass is 259 g/mol. The molecule has 2 unspecified atom stereocenters. The first kappa shape index (κ1) is 11.9. The lowest BCUT2D eigenvalue weighted by Crippen LogP contribution is -2.62. The highest BCUT2D eigenvalue weighted by Crippen LogP contribution is 2.41. The standard InChI is InChI=1S/C8H9N3O5S/c1-2-7(14)8(17,11-4-9-3-10-11)16-6(13)5(12)15-7/h3-4,14,17H,2H2,1H3. The van der Waals surface area contributed by atoms with Gasteiger partial charge in [0.05, 0.1) is 0 Å². The zero-order valence-electron chi connectivity index (χ0n) is 8.73. The van der Waals surface area contributed by atoms with Crippen molar-refractivity contribution in [1.82, 2.24) is 14.8 Å². The molecule has 0 aromatic carbocycles. The lowest BCUT2D eigenvalue weighted by molar-refractivity contribution is -0.308. The Morgan fingerprint density at radius 1 is 1.47 bits per heavy atom. The molecule has 1 fully saturated rings. The molecular weight excluding hydrogens is 250 g/mol. The van der Waals surface area contributed by atoms with Gasteiger partial charge in [0, 0.05) is 6.42 Å². The van der Waals surface area contributed by atoms with Gasteiger partial charge in [0.15, 0.2) is 0 Å². The fourth-order valence-corrected chi connectivity index (χ4v) is 1.80. The number of aliphatic hydroxyl groups is 1. The van der Waals surface area contributed by atoms with Crippen LogP contribution in [0.4, 0.5) is 0 Å². The van der Waals surface area contributed by atoms with Crippen molar-refractivity contribution in [2.75, 3.05) is 0 Å². The van der Waals surface area contributed by atoms with E-state index in [-0.39, 0.29) is 6.42 Å². The molecule has 2 rings (SSSR count). The van der Waals surface area contributed by atoms with Gasteiger partial charge < -0.3 is 14.6 Å². The number of thiol groups is 1. The van der Waals surface area contributed by atoms with Crippen LogP contribution in [-0.4, -0.2) is 37.6 Å². The summed E-state index contributed by atoms with van der Waals surface area (Å²) in [6.45, 7) is 1.54. The maximum Gasteiger partial charge on any atom is 0.420 e. The normalized spacial score (nSPS) is 33.1. The molecule has 0 spiro atoms. The summed E-state index contributed by atoms with van der Waals surface area (Å²) in [5, 5.41) is 11.9. The molecule has 0 amide bonds. The second kappa shape index (κ2) is 3.70. The summed E-state index contributed by atoms with van der Waals surface area (Å²) in [7, 11) is 0. The fourth-order valence-electron chi connectivity index (χ4n) is 1.41. The molecule has 8 nitrogen and oxygen atoms in total. The maximum atomic E-state index is 11.2. The third-order valence-electron chi connectivity index (χ3n) is 2.38. The minimum absolute atomic E-state index is 0.0462. The summed E-state index contributed by atoms with van der Waals surface area (Å²) in [5.41, 5.74) is 0. The first-order chi connectivity index (χ1) is 7.93. The van der Waals surface area contributed by atoms with E-state index >= 15 is 0 Å². The Kier molecular flexibility index (Phi) is 2.59. The topological polar surface area (TPSA) is 104 Å². The smallest absolute Gasteiger partial charge is 0.417 e. The average molecular weight is 259 g/mol. The predicted octanol–water partition coefficient (Wildman–Crippen LogP) is -0.983. The number of carbonyl (C=O) groups is 2. The van der Waals surface area contributed by atoms with Gasteiger partial charge in [0.2, 0.25) is 0 Å². The van der Waals surface area contributed by atoms with E-state index in [1.165, 1.54) is 13.3 Å². The summed E-state index contributed by atoms with van der Waals surface area (Å²) in [5.74, 6) is -4.65. The van der Waals surface area contributed by atoms with Crippen LogP contribution in [0.2, 0.25) is 0 Å². The molecule has 0 saturated carbocycles. The van der Waals surface area contributed by atoms with Gasteiger partial charge in [0.25, 0.3) is 5.79 Å². The summed E-state index contributed by atoms with van der Waals surface area (Å²) in [6.07, 6.45) is 2.30. The van der Waals surface area contributed by atoms with Crippen LogP contribution in [0.25, 0.3) is 0 Å². The number of cyclic esters (lactones) is 2. The van der Waals surface area contributed by atoms with Crippen molar-refractivity contribution in [3.05, 3.63) is 12.7 Å². The molecule has 0 bridgehead atoms. The molecule has 9 heteroatoms. The fraction of sp³-hybridized carbons (Fsp3) is 0.500. The van der Waals surface area contributed by atoms with Crippen molar-refractivity contribution < 1.29 is 24.2 Å². The highest BCUT2D eigenvalue weighted by atomic mass is 32.1. The maximum absolute atomic E-state index is 11.2. The van der Waals surface area contributed by atoms with Gasteiger partial charge in [-0.25, -0.2) is 14.6 Å². The Morgan fingerprint density at radius 3 is 2.65 bits per heavy atom. The number of nitrogens with zero attached hydrogens (tertiary/aromatic N) is 3. The Bertz CT molecular complexity index is 464. The van der Waals surface area contributed by atoms with E-state index in [9.17, 15) is 14.7 Å². The van der Waals surface area contributed by atoms with Gasteiger partial charge in [-0.05, 0) is 0 Å². The van der Waals surface area contributed by atoms with Crippen molar-refractivity contribution in [3.63, 3.8) is 0 Å². The van der Waals surface area contributed by atoms with Crippen LogP contribution in [0.3, 0.4) is 0 Å². The predicted molar refractivity (Wildman–Crippen MR) is 54.4 cm³/mol. The Morgan fingerprint density at radius 2 is 2.12 bits per heavy atom. The summed E-state index contributed by atoms with van der Waals surface area (Å²) in [4.78, 5) is 25.9. The first-order valence-electron chi connectivity index (χ1n) is 4.69. The molecule has 1 aliphatic heterocycles. The third kappa shape index (κ3) is 1.58. The molecule has 17 heavy (non-hydrogen) atoms. The van der Waals surface area contributed by atoms with Crippen molar-refractivity contribution in [2.24, 2.45) is 0 Å². The Hall–Kier alpha value is -1.61. The van der Waals surface area contributed by atoms with Gasteiger partial charge >= 0.3 is 17.0 Å². The van der Waals surface area contributed by atoms with Gasteiger partial charge in [-0.3, -0.25) is 0 Å². The van der Waals surface area contributed by atoms with E-state index in [0.717, 1.165) is 11.0 Å². The highest BCUT2D eigenvalue weighted by molar-refractivity contribution is 7.81. The molecule has 1 aliphatic rings. The van der Waals surface area contributed by atoms with E-state index in [2.05, 4.69) is 27.4 Å². The van der Waals surface area contributed by atoms with Crippen LogP contribution in [0.1, 0.15) is 13.3 Å². The van der Waals surface area contributed by atoms with Crippen LogP contribution in [0.5, 0.6) is 0 Å². The van der Waals surface area contributed by atoms with Crippen LogP contribution in [0, 0.1) is 0 Å². The minimum Gasteiger partial charge on any atom is -0.417 e. The van der Waals surface area contributed by atoms with E-state index in [1.807, 2.05) is 0 Å². The van der Waals surface area contributed by atoms with E-state index in [0.29, 0.717) is 0 Å². The molecule has 0 radical (unpaired) electrons. The Balaban J connectivity index is 2.49. The summed E-state index contributed by atoms with van der Waals surface area (Å²) < 4.78 is 10.4. The van der Waals surface area contributed by atoms with Gasteiger partial charge in [-0.15, -0.1) is 12.6 Å². The SMILES string of the molecule is CCC1(O)OC(=O)C(=O)OC1(S)n1cncn1. The van der Waals surface area contributed by atoms with Crippen LogP contribution >= 0.6 is 12.6 Å². The lowest BCUT2D eigenvalue weighted by atomic mass is 10.1. The minimum atomic E-state index is -2.12. The van der Waals surface area contributed by atoms with Crippen LogP contribution in [-0.2, 0) is 24.1 Å². The van der Waals surface area contributed by atoms with E-state index in [1.54, 1.807) is 0 Å². The number of rotatable bonds is 2. The molecular formula is C8H9N3O5S. The van der Waals surface area contributed by atoms with E-state index < -0.39 is 22.8 Å². The Labute approximate surface area is 101 Å². The number of ether oxygens (including phenoxy) is 2. The van der Waals surface area contributed by atoms with Crippen molar-refractivity contribution in [1.29, 1.82) is 0 Å². The quantitative estimate of drug-likeness (QED) is 0.399. The summed E-state index contributed by atoms with van der Waals surface area (Å²) in [6, 6.07) is 0. The number of aromatic nitrogens is 3. The van der Waals surface area contributed by atoms with E-state index in [4.69, 9.17) is 4.74 Å². The average Bonchev–Trinajstić information content (AvgIpc) is 2.80. The first-order valence-corrected chi connectivity index (χ1v) is 5.14. The molecule has 2 atom stereocenters. The second-order valence-corrected chi connectivity index (χ2v) is 3.97. The molecule has 92 valence electrons. The number of esters is 2. The second-order valence-electron chi connectivity index (χ2n) is 3.37. The highest BCUT2D eigenvalue weighted by Gasteiger charge is 2.61. The van der Waals surface area contributed by atoms with Crippen LogP contribution < -0.4 is 0 Å². The molecule has 1 N–H and O–H groups in total. The molecule has 2 heterocycles. The summed E-state index contributed by atoms with van der Waals surface area (Å²) >= 11 is 4.06. The molecule has 1 aromatic rings. The molecule has 1 saturated heterocycles. The third-order valence-corrected chi connectivity index (χ3v) is 3.03. The molecule has 1 aromatic heterocycles. The zero-order valence-corrected chi connectivity index (χ0v) is 9.63. The number of hydrogen-bond acceptors (Lipinski definition) is 8. The van der Waals surface area contributed by atoms with Crippen LogP contribution in [0.15, 0.2) is 12.7 Å². The van der Waals surface area contributed by atoms with Gasteiger partial charge in [-0.2, -0.15) is 9.78 Å². The number of carbonyl (C=O) groups excluding carboxylic acids is 2. The van der Waals surface area contributed by atoms with Crippen molar-refractivity contribution in [3.8, 4) is 0 Å². The largest absolute Gasteiger partial charge is 0.420 e. The zero-order chi connectivity index (χ0) is 12.7. The van der Waals surface area contributed by atoms with Gasteiger partial charge in [0.1, 0.15) is 12.7 Å². The van der Waals surface area contributed by atoms with Crippen molar-refractivity contribution in [2.45, 2.75) is 24.2 Å². The lowest BCUT2D eigenvalue weighted by Gasteiger charge is -2.43. The molecule has 0 aliphatic carbocycles. The number of hydrogen-bond donors (Lipinski definition) is 2.